The van der Waals surface area contributed by atoms with Crippen LogP contribution >= 0.6 is 0 Å². The average molecular weight is 1080 g/mol. The Morgan fingerprint density at radius 2 is 0.909 bits per heavy atom. The van der Waals surface area contributed by atoms with E-state index in [1.165, 1.54) is 128 Å². The molecule has 0 aromatic heterocycles. The number of carbonyl (C=O) groups is 2. The van der Waals surface area contributed by atoms with E-state index < -0.39 is 49.5 Å². The zero-order valence-corrected chi connectivity index (χ0v) is 48.9. The second-order valence-corrected chi connectivity index (χ2v) is 21.4. The largest absolute Gasteiger partial charge is 0.465 e. The molecule has 7 unspecified atom stereocenters. The minimum atomic E-state index is -1.58. The van der Waals surface area contributed by atoms with Gasteiger partial charge in [0, 0.05) is 12.8 Å². The highest BCUT2D eigenvalue weighted by Gasteiger charge is 2.44. The molecular formula is C66H115NO10. The second-order valence-electron chi connectivity index (χ2n) is 21.4. The van der Waals surface area contributed by atoms with Crippen molar-refractivity contribution in [2.45, 2.75) is 301 Å². The van der Waals surface area contributed by atoms with Gasteiger partial charge < -0.3 is 45.1 Å². The molecular weight excluding hydrogens is 967 g/mol. The van der Waals surface area contributed by atoms with Crippen molar-refractivity contribution in [2.75, 3.05) is 19.8 Å². The van der Waals surface area contributed by atoms with E-state index in [4.69, 9.17) is 14.2 Å². The van der Waals surface area contributed by atoms with Crippen LogP contribution in [-0.4, -0.2) is 100 Å². The Balaban J connectivity index is 2.12. The number of unbranched alkanes of at least 4 members (excludes halogenated alkanes) is 27. The first-order valence-corrected chi connectivity index (χ1v) is 31.4. The molecule has 1 aliphatic rings. The van der Waals surface area contributed by atoms with Crippen LogP contribution in [0.4, 0.5) is 0 Å². The quantitative estimate of drug-likeness (QED) is 0.0195. The Hall–Kier alpha value is -3.16. The van der Waals surface area contributed by atoms with Crippen molar-refractivity contribution >= 4 is 11.9 Å². The van der Waals surface area contributed by atoms with Crippen LogP contribution in [0.5, 0.6) is 0 Å². The Bertz CT molecular complexity index is 1550. The predicted octanol–water partition coefficient (Wildman–Crippen LogP) is 14.9. The monoisotopic (exact) mass is 1080 g/mol. The number of aliphatic hydroxyl groups is 5. The molecule has 0 spiro atoms. The highest BCUT2D eigenvalue weighted by atomic mass is 16.7. The molecule has 0 aliphatic carbocycles. The minimum Gasteiger partial charge on any atom is -0.465 e. The first-order chi connectivity index (χ1) is 37.7. The van der Waals surface area contributed by atoms with Gasteiger partial charge >= 0.3 is 5.97 Å². The summed E-state index contributed by atoms with van der Waals surface area (Å²) in [6.45, 7) is 4.12. The fraction of sp³-hybridized carbons (Fsp3) is 0.758. The number of ether oxygens (including phenoxy) is 3. The fourth-order valence-electron chi connectivity index (χ4n) is 9.22. The van der Waals surface area contributed by atoms with Gasteiger partial charge in [-0.1, -0.05) is 227 Å². The summed E-state index contributed by atoms with van der Waals surface area (Å²) in [5.41, 5.74) is 0. The molecule has 1 rings (SSSR count). The van der Waals surface area contributed by atoms with Gasteiger partial charge in [-0.15, -0.1) is 0 Å². The van der Waals surface area contributed by atoms with Gasteiger partial charge in [-0.2, -0.15) is 0 Å². The van der Waals surface area contributed by atoms with E-state index in [2.05, 4.69) is 92.1 Å². The van der Waals surface area contributed by atoms with Gasteiger partial charge in [-0.05, 0) is 103 Å². The molecule has 0 aromatic carbocycles. The topological polar surface area (TPSA) is 175 Å². The number of rotatable bonds is 53. The van der Waals surface area contributed by atoms with Crippen LogP contribution in [-0.2, 0) is 23.8 Å². The lowest BCUT2D eigenvalue weighted by Gasteiger charge is -2.40. The highest BCUT2D eigenvalue weighted by Crippen LogP contribution is 2.23. The lowest BCUT2D eigenvalue weighted by Crippen LogP contribution is -2.60. The Kier molecular flexibility index (Phi) is 51.1. The number of nitrogens with one attached hydrogen (secondary N) is 1. The van der Waals surface area contributed by atoms with Crippen molar-refractivity contribution in [1.29, 1.82) is 0 Å². The van der Waals surface area contributed by atoms with E-state index in [0.29, 0.717) is 19.4 Å². The van der Waals surface area contributed by atoms with E-state index in [1.807, 2.05) is 6.08 Å². The first-order valence-electron chi connectivity index (χ1n) is 31.4. The summed E-state index contributed by atoms with van der Waals surface area (Å²) in [5, 5.41) is 54.4. The first kappa shape index (κ1) is 71.9. The molecule has 1 aliphatic heterocycles. The zero-order valence-electron chi connectivity index (χ0n) is 48.9. The Labute approximate surface area is 470 Å². The van der Waals surface area contributed by atoms with Crippen LogP contribution in [0.15, 0.2) is 85.1 Å². The van der Waals surface area contributed by atoms with Gasteiger partial charge in [0.25, 0.3) is 0 Å². The third-order valence-electron chi connectivity index (χ3n) is 14.2. The molecule has 1 amide bonds. The summed E-state index contributed by atoms with van der Waals surface area (Å²) in [6.07, 6.45) is 64.0. The zero-order chi connectivity index (χ0) is 55.9. The van der Waals surface area contributed by atoms with Gasteiger partial charge in [-0.25, -0.2) is 0 Å². The van der Waals surface area contributed by atoms with Gasteiger partial charge in [0.15, 0.2) is 6.29 Å². The van der Waals surface area contributed by atoms with E-state index >= 15 is 0 Å². The van der Waals surface area contributed by atoms with Gasteiger partial charge in [0.1, 0.15) is 24.4 Å². The lowest BCUT2D eigenvalue weighted by molar-refractivity contribution is -0.302. The molecule has 0 aromatic rings. The highest BCUT2D eigenvalue weighted by molar-refractivity contribution is 5.76. The molecule has 77 heavy (non-hydrogen) atoms. The summed E-state index contributed by atoms with van der Waals surface area (Å²) in [5.74, 6) is -0.269. The fourth-order valence-corrected chi connectivity index (χ4v) is 9.22. The van der Waals surface area contributed by atoms with Crippen molar-refractivity contribution in [2.24, 2.45) is 0 Å². The van der Waals surface area contributed by atoms with Crippen molar-refractivity contribution in [3.8, 4) is 0 Å². The van der Waals surface area contributed by atoms with Crippen molar-refractivity contribution in [1.82, 2.24) is 5.32 Å². The maximum Gasteiger partial charge on any atom is 0.305 e. The molecule has 0 saturated carbocycles. The second kappa shape index (κ2) is 54.8. The van der Waals surface area contributed by atoms with Crippen LogP contribution in [0.1, 0.15) is 258 Å². The minimum absolute atomic E-state index is 0.0657. The van der Waals surface area contributed by atoms with Crippen LogP contribution in [0.25, 0.3) is 0 Å². The van der Waals surface area contributed by atoms with Gasteiger partial charge in [0.2, 0.25) is 5.91 Å². The average Bonchev–Trinajstić information content (AvgIpc) is 3.43. The van der Waals surface area contributed by atoms with Crippen LogP contribution in [0, 0.1) is 0 Å². The van der Waals surface area contributed by atoms with E-state index in [1.54, 1.807) is 6.08 Å². The molecule has 7 atom stereocenters. The molecule has 0 bridgehead atoms. The molecule has 0 radical (unpaired) electrons. The van der Waals surface area contributed by atoms with Gasteiger partial charge in [-0.3, -0.25) is 9.59 Å². The molecule has 1 heterocycles. The number of hydrogen-bond acceptors (Lipinski definition) is 10. The third-order valence-corrected chi connectivity index (χ3v) is 14.2. The number of carbonyl (C=O) groups excluding carboxylic acids is 2. The van der Waals surface area contributed by atoms with Crippen LogP contribution < -0.4 is 5.32 Å². The summed E-state index contributed by atoms with van der Waals surface area (Å²) >= 11 is 0. The summed E-state index contributed by atoms with van der Waals surface area (Å²) in [6, 6.07) is -0.841. The van der Waals surface area contributed by atoms with Crippen molar-refractivity contribution in [3.05, 3.63) is 85.1 Å². The molecule has 11 nitrogen and oxygen atoms in total. The molecule has 1 fully saturated rings. The summed E-state index contributed by atoms with van der Waals surface area (Å²) in [4.78, 5) is 25.1. The molecule has 6 N–H and O–H groups in total. The predicted molar refractivity (Wildman–Crippen MR) is 319 cm³/mol. The number of esters is 1. The molecule has 1 saturated heterocycles. The maximum atomic E-state index is 13.1. The smallest absolute Gasteiger partial charge is 0.305 e. The molecule has 444 valence electrons. The van der Waals surface area contributed by atoms with E-state index in [0.717, 1.165) is 103 Å². The van der Waals surface area contributed by atoms with Gasteiger partial charge in [0.05, 0.1) is 32.0 Å². The standard InChI is InChI=1S/C66H115NO10/c1-3-5-7-9-11-13-15-17-25-29-32-36-40-44-48-52-59(69)58(57-76-66-65(74)64(73)63(72)60(56-68)77-66)67-61(70)53-49-45-41-37-33-30-26-23-21-19-18-20-22-24-27-31-35-39-43-47-51-55-75-62(71)54-50-46-42-38-34-28-16-14-12-10-8-6-4-2/h8,10,14-17,31-32,35-36,43,47-48,52,58-60,63-66,68-69,72-74H,3-7,9,11-13,18-30,33-34,37-42,44-46,49-51,53-57H2,1-2H3,(H,67,70)/b10-8-,16-14-,17-15+,35-31-,36-32+,47-43-,52-48+. The maximum absolute atomic E-state index is 13.1. The number of allylic oxidation sites excluding steroid dienone is 12. The Morgan fingerprint density at radius 3 is 1.42 bits per heavy atom. The lowest BCUT2D eigenvalue weighted by atomic mass is 9.99. The Morgan fingerprint density at radius 1 is 0.481 bits per heavy atom. The van der Waals surface area contributed by atoms with Crippen molar-refractivity contribution < 1.29 is 49.3 Å². The number of hydrogen-bond donors (Lipinski definition) is 6. The van der Waals surface area contributed by atoms with Crippen LogP contribution in [0.3, 0.4) is 0 Å². The van der Waals surface area contributed by atoms with E-state index in [9.17, 15) is 35.1 Å². The SMILES string of the molecule is CCC/C=C\C/C=C\CCCCCCCC(=O)OCC/C=C\C/C=C\CCCCCCCCCCCCCCCCC(=O)NC(COC1OC(CO)C(O)C(O)C1O)C(O)/C=C/CC/C=C/CC/C=C/CCCCCCC. The summed E-state index contributed by atoms with van der Waals surface area (Å²) in [7, 11) is 0. The van der Waals surface area contributed by atoms with Crippen LogP contribution in [0.2, 0.25) is 0 Å². The number of aliphatic hydroxyl groups excluding tert-OH is 5. The number of amides is 1. The normalized spacial score (nSPS) is 19.2. The summed E-state index contributed by atoms with van der Waals surface area (Å²) < 4.78 is 16.6. The molecule has 11 heteroatoms. The third kappa shape index (κ3) is 44.3. The van der Waals surface area contributed by atoms with E-state index in [-0.39, 0.29) is 18.5 Å². The van der Waals surface area contributed by atoms with Crippen molar-refractivity contribution in [3.63, 3.8) is 0 Å².